The second-order valence-electron chi connectivity index (χ2n) is 3.56. The van der Waals surface area contributed by atoms with Gasteiger partial charge in [0.25, 0.3) is 0 Å². The summed E-state index contributed by atoms with van der Waals surface area (Å²) in [6, 6.07) is 1.76. The first-order valence-electron chi connectivity index (χ1n) is 4.64. The highest BCUT2D eigenvalue weighted by atomic mass is 16.5. The van der Waals surface area contributed by atoms with Crippen LogP contribution in [0.4, 0.5) is 0 Å². The highest BCUT2D eigenvalue weighted by Crippen LogP contribution is 2.05. The number of Topliss-reactive ketones (excluding diaryl/α,β-unsaturated/α-hetero) is 1. The van der Waals surface area contributed by atoms with Gasteiger partial charge in [0.2, 0.25) is 5.91 Å². The summed E-state index contributed by atoms with van der Waals surface area (Å²) in [5.74, 6) is 0.365. The summed E-state index contributed by atoms with van der Waals surface area (Å²) in [5.41, 5.74) is 0.687. The molecule has 0 aliphatic rings. The van der Waals surface area contributed by atoms with Crippen LogP contribution in [0.25, 0.3) is 0 Å². The zero-order valence-corrected chi connectivity index (χ0v) is 9.11. The third kappa shape index (κ3) is 3.53. The van der Waals surface area contributed by atoms with Crippen molar-refractivity contribution in [2.24, 2.45) is 0 Å². The molecule has 0 atom stereocenters. The number of hydrogen-bond acceptors (Lipinski definition) is 4. The lowest BCUT2D eigenvalue weighted by atomic mass is 10.2. The maximum atomic E-state index is 11.4. The zero-order valence-electron chi connectivity index (χ0n) is 9.11. The molecule has 0 bridgehead atoms. The van der Waals surface area contributed by atoms with Crippen LogP contribution in [0.3, 0.4) is 0 Å². The van der Waals surface area contributed by atoms with Gasteiger partial charge in [-0.3, -0.25) is 9.59 Å². The number of nitrogens with zero attached hydrogens (tertiary/aromatic N) is 2. The monoisotopic (exact) mass is 210 g/mol. The molecule has 0 aliphatic carbocycles. The summed E-state index contributed by atoms with van der Waals surface area (Å²) < 4.78 is 4.87. The van der Waals surface area contributed by atoms with Crippen LogP contribution in [0.5, 0.6) is 0 Å². The molecule has 0 unspecified atom stereocenters. The zero-order chi connectivity index (χ0) is 11.4. The van der Waals surface area contributed by atoms with E-state index >= 15 is 0 Å². The third-order valence-corrected chi connectivity index (χ3v) is 1.90. The molecule has 0 spiro atoms. The number of rotatable bonds is 4. The maximum Gasteiger partial charge on any atom is 0.230 e. The fourth-order valence-corrected chi connectivity index (χ4v) is 1.17. The summed E-state index contributed by atoms with van der Waals surface area (Å²) >= 11 is 0. The van der Waals surface area contributed by atoms with E-state index in [1.54, 1.807) is 20.0 Å². The normalized spacial score (nSPS) is 10.1. The average Bonchev–Trinajstić information content (AvgIpc) is 2.50. The molecule has 5 heteroatoms. The largest absolute Gasteiger partial charge is 0.361 e. The van der Waals surface area contributed by atoms with Crippen LogP contribution in [0.15, 0.2) is 10.6 Å². The molecule has 1 amide bonds. The Kier molecular flexibility index (Phi) is 3.60. The lowest BCUT2D eigenvalue weighted by Gasteiger charge is -2.14. The SMILES string of the molecule is CC(=O)CC(=O)N(C)Cc1cc(C)on1. The quantitative estimate of drug-likeness (QED) is 0.693. The predicted octanol–water partition coefficient (Wildman–Crippen LogP) is 0.921. The van der Waals surface area contributed by atoms with Crippen molar-refractivity contribution in [2.45, 2.75) is 26.8 Å². The number of aryl methyl sites for hydroxylation is 1. The molecule has 0 radical (unpaired) electrons. The average molecular weight is 210 g/mol. The summed E-state index contributed by atoms with van der Waals surface area (Å²) in [6.07, 6.45) is -0.0622. The van der Waals surface area contributed by atoms with Gasteiger partial charge in [0.1, 0.15) is 17.2 Å². The Morgan fingerprint density at radius 3 is 2.67 bits per heavy atom. The molecular weight excluding hydrogens is 196 g/mol. The molecule has 82 valence electrons. The van der Waals surface area contributed by atoms with E-state index in [0.29, 0.717) is 18.0 Å². The van der Waals surface area contributed by atoms with Gasteiger partial charge >= 0.3 is 0 Å². The van der Waals surface area contributed by atoms with Gasteiger partial charge in [-0.25, -0.2) is 0 Å². The Balaban J connectivity index is 2.51. The maximum absolute atomic E-state index is 11.4. The fourth-order valence-electron chi connectivity index (χ4n) is 1.17. The number of amides is 1. The van der Waals surface area contributed by atoms with Crippen molar-refractivity contribution in [1.82, 2.24) is 10.1 Å². The van der Waals surface area contributed by atoms with Crippen LogP contribution < -0.4 is 0 Å². The molecule has 0 fully saturated rings. The lowest BCUT2D eigenvalue weighted by molar-refractivity contribution is -0.134. The Bertz CT molecular complexity index is 370. The number of ketones is 1. The van der Waals surface area contributed by atoms with Crippen molar-refractivity contribution < 1.29 is 14.1 Å². The first kappa shape index (κ1) is 11.4. The standard InChI is InChI=1S/C10H14N2O3/c1-7(13)4-10(14)12(3)6-9-5-8(2)15-11-9/h5H,4,6H2,1-3H3. The molecule has 1 aromatic rings. The minimum atomic E-state index is -0.205. The second kappa shape index (κ2) is 4.72. The van der Waals surface area contributed by atoms with Crippen LogP contribution in [-0.2, 0) is 16.1 Å². The smallest absolute Gasteiger partial charge is 0.230 e. The van der Waals surface area contributed by atoms with E-state index in [1.165, 1.54) is 11.8 Å². The number of carbonyl (C=O) groups excluding carboxylic acids is 2. The van der Waals surface area contributed by atoms with Crippen molar-refractivity contribution in [2.75, 3.05) is 7.05 Å². The summed E-state index contributed by atoms with van der Waals surface area (Å²) in [4.78, 5) is 23.6. The van der Waals surface area contributed by atoms with Gasteiger partial charge in [-0.1, -0.05) is 5.16 Å². The Morgan fingerprint density at radius 1 is 1.53 bits per heavy atom. The van der Waals surface area contributed by atoms with Crippen molar-refractivity contribution in [1.29, 1.82) is 0 Å². The third-order valence-electron chi connectivity index (χ3n) is 1.90. The second-order valence-corrected chi connectivity index (χ2v) is 3.56. The summed E-state index contributed by atoms with van der Waals surface area (Å²) in [7, 11) is 1.63. The van der Waals surface area contributed by atoms with Crippen LogP contribution >= 0.6 is 0 Å². The first-order chi connectivity index (χ1) is 6.99. The van der Waals surface area contributed by atoms with Crippen molar-refractivity contribution in [3.8, 4) is 0 Å². The van der Waals surface area contributed by atoms with Gasteiger partial charge in [-0.15, -0.1) is 0 Å². The molecule has 5 nitrogen and oxygen atoms in total. The minimum Gasteiger partial charge on any atom is -0.361 e. The van der Waals surface area contributed by atoms with E-state index in [2.05, 4.69) is 5.16 Å². The predicted molar refractivity (Wildman–Crippen MR) is 53.0 cm³/mol. The van der Waals surface area contributed by atoms with Crippen LogP contribution in [0.2, 0.25) is 0 Å². The van der Waals surface area contributed by atoms with Crippen molar-refractivity contribution >= 4 is 11.7 Å². The van der Waals surface area contributed by atoms with E-state index in [4.69, 9.17) is 4.52 Å². The van der Waals surface area contributed by atoms with Crippen LogP contribution in [-0.4, -0.2) is 28.8 Å². The van der Waals surface area contributed by atoms with Gasteiger partial charge in [0.15, 0.2) is 0 Å². The molecular formula is C10H14N2O3. The van der Waals surface area contributed by atoms with E-state index in [9.17, 15) is 9.59 Å². The van der Waals surface area contributed by atoms with Crippen molar-refractivity contribution in [3.05, 3.63) is 17.5 Å². The lowest BCUT2D eigenvalue weighted by Crippen LogP contribution is -2.27. The molecule has 0 aliphatic heterocycles. The van der Waals surface area contributed by atoms with E-state index in [-0.39, 0.29) is 18.1 Å². The van der Waals surface area contributed by atoms with Crippen molar-refractivity contribution in [3.63, 3.8) is 0 Å². The van der Waals surface area contributed by atoms with E-state index in [0.717, 1.165) is 0 Å². The molecule has 1 aromatic heterocycles. The topological polar surface area (TPSA) is 63.4 Å². The first-order valence-corrected chi connectivity index (χ1v) is 4.64. The molecule has 1 rings (SSSR count). The Morgan fingerprint density at radius 2 is 2.20 bits per heavy atom. The molecule has 15 heavy (non-hydrogen) atoms. The van der Waals surface area contributed by atoms with Gasteiger partial charge in [-0.2, -0.15) is 0 Å². The van der Waals surface area contributed by atoms with E-state index in [1.807, 2.05) is 0 Å². The summed E-state index contributed by atoms with van der Waals surface area (Å²) in [6.45, 7) is 3.54. The highest BCUT2D eigenvalue weighted by Gasteiger charge is 2.12. The fraction of sp³-hybridized carbons (Fsp3) is 0.500. The number of hydrogen-bond donors (Lipinski definition) is 0. The Labute approximate surface area is 88.0 Å². The number of carbonyl (C=O) groups is 2. The molecule has 0 saturated heterocycles. The molecule has 0 N–H and O–H groups in total. The van der Waals surface area contributed by atoms with Crippen LogP contribution in [0, 0.1) is 6.92 Å². The molecule has 0 aromatic carbocycles. The number of aromatic nitrogens is 1. The summed E-state index contributed by atoms with van der Waals surface area (Å²) in [5, 5.41) is 3.76. The van der Waals surface area contributed by atoms with E-state index < -0.39 is 0 Å². The van der Waals surface area contributed by atoms with Gasteiger partial charge in [0.05, 0.1) is 13.0 Å². The molecule has 1 heterocycles. The van der Waals surface area contributed by atoms with Crippen LogP contribution in [0.1, 0.15) is 24.8 Å². The van der Waals surface area contributed by atoms with Gasteiger partial charge < -0.3 is 9.42 Å². The Hall–Kier alpha value is -1.65. The van der Waals surface area contributed by atoms with Gasteiger partial charge in [0, 0.05) is 13.1 Å². The van der Waals surface area contributed by atoms with Gasteiger partial charge in [-0.05, 0) is 13.8 Å². The highest BCUT2D eigenvalue weighted by molar-refractivity contribution is 5.96. The minimum absolute atomic E-state index is 0.0622. The molecule has 0 saturated carbocycles.